The van der Waals surface area contributed by atoms with Gasteiger partial charge in [-0.3, -0.25) is 10.1 Å². The van der Waals surface area contributed by atoms with Gasteiger partial charge in [0.25, 0.3) is 0 Å². The number of benzene rings is 1. The molecular weight excluding hydrogens is 282 g/mol. The summed E-state index contributed by atoms with van der Waals surface area (Å²) < 4.78 is 28.5. The van der Waals surface area contributed by atoms with Crippen LogP contribution < -0.4 is 15.4 Å². The largest absolute Gasteiger partial charge is 0.433 e. The van der Waals surface area contributed by atoms with E-state index in [0.717, 1.165) is 0 Å². The number of rotatable bonds is 5. The summed E-state index contributed by atoms with van der Waals surface area (Å²) in [6.07, 6.45) is -0.0237. The van der Waals surface area contributed by atoms with E-state index < -0.39 is 18.5 Å². The van der Waals surface area contributed by atoms with Gasteiger partial charge in [0.15, 0.2) is 0 Å². The highest BCUT2D eigenvalue weighted by Gasteiger charge is 2.12. The van der Waals surface area contributed by atoms with Crippen LogP contribution in [-0.2, 0) is 4.79 Å². The Kier molecular flexibility index (Phi) is 6.01. The van der Waals surface area contributed by atoms with Crippen molar-refractivity contribution in [2.45, 2.75) is 13.0 Å². The van der Waals surface area contributed by atoms with Crippen LogP contribution in [-0.4, -0.2) is 24.4 Å². The summed E-state index contributed by atoms with van der Waals surface area (Å²) in [4.78, 5) is 22.5. The molecule has 104 valence electrons. The van der Waals surface area contributed by atoms with Gasteiger partial charge in [0.05, 0.1) is 5.69 Å². The molecule has 0 unspecified atom stereocenters. The lowest BCUT2D eigenvalue weighted by atomic mass is 10.3. The number of urea groups is 1. The molecule has 0 fully saturated rings. The van der Waals surface area contributed by atoms with Gasteiger partial charge in [-0.2, -0.15) is 8.78 Å². The fourth-order valence-corrected chi connectivity index (χ4v) is 1.37. The van der Waals surface area contributed by atoms with Gasteiger partial charge in [0.2, 0.25) is 5.91 Å². The highest BCUT2D eigenvalue weighted by molar-refractivity contribution is 6.19. The molecular formula is C11H11ClF2N2O3. The Bertz CT molecular complexity index is 457. The SMILES string of the molecule is O=C(CCCl)NC(=O)Nc1ccccc1OC(F)F. The van der Waals surface area contributed by atoms with Crippen LogP contribution in [0.4, 0.5) is 19.3 Å². The van der Waals surface area contributed by atoms with Gasteiger partial charge in [0.1, 0.15) is 5.75 Å². The summed E-state index contributed by atoms with van der Waals surface area (Å²) in [6, 6.07) is 4.78. The Hall–Kier alpha value is -1.89. The van der Waals surface area contributed by atoms with Crippen LogP contribution in [0.1, 0.15) is 6.42 Å². The van der Waals surface area contributed by atoms with Crippen molar-refractivity contribution in [3.8, 4) is 5.75 Å². The lowest BCUT2D eigenvalue weighted by molar-refractivity contribution is -0.119. The normalized spacial score (nSPS) is 10.1. The molecule has 0 bridgehead atoms. The van der Waals surface area contributed by atoms with Gasteiger partial charge >= 0.3 is 12.6 Å². The maximum absolute atomic E-state index is 12.1. The Labute approximate surface area is 112 Å². The number of halogens is 3. The average molecular weight is 293 g/mol. The van der Waals surface area contributed by atoms with E-state index in [1.807, 2.05) is 5.32 Å². The number of carbonyl (C=O) groups excluding carboxylic acids is 2. The summed E-state index contributed by atoms with van der Waals surface area (Å²) in [5.41, 5.74) is 0.0268. The smallest absolute Gasteiger partial charge is 0.387 e. The summed E-state index contributed by atoms with van der Waals surface area (Å²) in [5, 5.41) is 4.23. The molecule has 0 heterocycles. The fraction of sp³-hybridized carbons (Fsp3) is 0.273. The monoisotopic (exact) mass is 292 g/mol. The van der Waals surface area contributed by atoms with Crippen molar-refractivity contribution in [2.24, 2.45) is 0 Å². The maximum Gasteiger partial charge on any atom is 0.387 e. The second-order valence-electron chi connectivity index (χ2n) is 3.32. The third kappa shape index (κ3) is 5.52. The van der Waals surface area contributed by atoms with E-state index >= 15 is 0 Å². The molecule has 19 heavy (non-hydrogen) atoms. The minimum absolute atomic E-state index is 0.0237. The van der Waals surface area contributed by atoms with Gasteiger partial charge in [-0.25, -0.2) is 4.79 Å². The number of alkyl halides is 3. The topological polar surface area (TPSA) is 67.4 Å². The second-order valence-corrected chi connectivity index (χ2v) is 3.69. The van der Waals surface area contributed by atoms with Gasteiger partial charge in [-0.1, -0.05) is 12.1 Å². The predicted octanol–water partition coefficient (Wildman–Crippen LogP) is 2.57. The van der Waals surface area contributed by atoms with Gasteiger partial charge in [-0.15, -0.1) is 11.6 Å². The zero-order valence-electron chi connectivity index (χ0n) is 9.66. The van der Waals surface area contributed by atoms with E-state index in [0.29, 0.717) is 0 Å². The van der Waals surface area contributed by atoms with E-state index in [1.165, 1.54) is 24.3 Å². The number of para-hydroxylation sites is 2. The number of imide groups is 1. The first kappa shape index (κ1) is 15.2. The first-order chi connectivity index (χ1) is 9.02. The van der Waals surface area contributed by atoms with Crippen LogP contribution in [0, 0.1) is 0 Å². The molecule has 0 saturated carbocycles. The summed E-state index contributed by atoms with van der Waals surface area (Å²) in [6.45, 7) is -3.01. The lowest BCUT2D eigenvalue weighted by Crippen LogP contribution is -2.34. The minimum Gasteiger partial charge on any atom is -0.433 e. The van der Waals surface area contributed by atoms with E-state index in [2.05, 4.69) is 10.1 Å². The molecule has 2 N–H and O–H groups in total. The number of nitrogens with one attached hydrogen (secondary N) is 2. The van der Waals surface area contributed by atoms with Crippen molar-refractivity contribution in [3.05, 3.63) is 24.3 Å². The first-order valence-corrected chi connectivity index (χ1v) is 5.77. The van der Waals surface area contributed by atoms with Crippen LogP contribution in [0.3, 0.4) is 0 Å². The predicted molar refractivity (Wildman–Crippen MR) is 65.6 cm³/mol. The molecule has 8 heteroatoms. The second kappa shape index (κ2) is 7.52. The van der Waals surface area contributed by atoms with Crippen molar-refractivity contribution in [2.75, 3.05) is 11.2 Å². The molecule has 5 nitrogen and oxygen atoms in total. The van der Waals surface area contributed by atoms with Crippen molar-refractivity contribution in [3.63, 3.8) is 0 Å². The molecule has 0 atom stereocenters. The summed E-state index contributed by atoms with van der Waals surface area (Å²) >= 11 is 5.33. The average Bonchev–Trinajstić information content (AvgIpc) is 2.31. The van der Waals surface area contributed by atoms with Gasteiger partial charge in [-0.05, 0) is 12.1 Å². The number of amides is 3. The molecule has 0 aliphatic heterocycles. The molecule has 0 spiro atoms. The van der Waals surface area contributed by atoms with Crippen LogP contribution >= 0.6 is 11.6 Å². The van der Waals surface area contributed by atoms with Crippen molar-refractivity contribution < 1.29 is 23.1 Å². The lowest BCUT2D eigenvalue weighted by Gasteiger charge is -2.11. The van der Waals surface area contributed by atoms with Crippen LogP contribution in [0.15, 0.2) is 24.3 Å². The molecule has 0 saturated heterocycles. The van der Waals surface area contributed by atoms with E-state index in [1.54, 1.807) is 0 Å². The molecule has 1 aromatic carbocycles. The number of carbonyl (C=O) groups is 2. The highest BCUT2D eigenvalue weighted by Crippen LogP contribution is 2.25. The third-order valence-corrected chi connectivity index (χ3v) is 2.11. The zero-order chi connectivity index (χ0) is 14.3. The maximum atomic E-state index is 12.1. The number of hydrogen-bond acceptors (Lipinski definition) is 3. The number of anilines is 1. The molecule has 1 aromatic rings. The Morgan fingerprint density at radius 1 is 1.32 bits per heavy atom. The highest BCUT2D eigenvalue weighted by atomic mass is 35.5. The Balaban J connectivity index is 2.65. The molecule has 1 rings (SSSR count). The molecule has 0 aliphatic rings. The number of hydrogen-bond donors (Lipinski definition) is 2. The molecule has 0 radical (unpaired) electrons. The van der Waals surface area contributed by atoms with Gasteiger partial charge < -0.3 is 10.1 Å². The molecule has 0 aliphatic carbocycles. The first-order valence-electron chi connectivity index (χ1n) is 5.23. The van der Waals surface area contributed by atoms with Gasteiger partial charge in [0, 0.05) is 12.3 Å². The van der Waals surface area contributed by atoms with Crippen LogP contribution in [0.25, 0.3) is 0 Å². The van der Waals surface area contributed by atoms with Crippen molar-refractivity contribution >= 4 is 29.2 Å². The standard InChI is InChI=1S/C11H11ClF2N2O3/c12-6-5-9(17)16-11(18)15-7-3-1-2-4-8(7)19-10(13)14/h1-4,10H,5-6H2,(H2,15,16,17,18). The van der Waals surface area contributed by atoms with Crippen molar-refractivity contribution in [1.29, 1.82) is 0 Å². The van der Waals surface area contributed by atoms with Crippen molar-refractivity contribution in [1.82, 2.24) is 5.32 Å². The number of ether oxygens (including phenoxy) is 1. The summed E-state index contributed by atoms with van der Waals surface area (Å²) in [5.74, 6) is -0.693. The minimum atomic E-state index is -3.01. The quantitative estimate of drug-likeness (QED) is 0.820. The molecule has 3 amide bonds. The van der Waals surface area contributed by atoms with Crippen LogP contribution in [0.5, 0.6) is 5.75 Å². The third-order valence-electron chi connectivity index (χ3n) is 1.93. The zero-order valence-corrected chi connectivity index (χ0v) is 10.4. The summed E-state index contributed by atoms with van der Waals surface area (Å²) in [7, 11) is 0. The van der Waals surface area contributed by atoms with E-state index in [4.69, 9.17) is 11.6 Å². The Morgan fingerprint density at radius 3 is 2.63 bits per heavy atom. The van der Waals surface area contributed by atoms with E-state index in [9.17, 15) is 18.4 Å². The fourth-order valence-electron chi connectivity index (χ4n) is 1.20. The van der Waals surface area contributed by atoms with E-state index in [-0.39, 0.29) is 23.7 Å². The molecule has 0 aromatic heterocycles. The van der Waals surface area contributed by atoms with Crippen LogP contribution in [0.2, 0.25) is 0 Å². The Morgan fingerprint density at radius 2 is 2.00 bits per heavy atom.